The van der Waals surface area contributed by atoms with Crippen LogP contribution in [0, 0.1) is 0 Å². The van der Waals surface area contributed by atoms with Crippen molar-refractivity contribution in [2.45, 2.75) is 37.5 Å². The Bertz CT molecular complexity index is 499. The third kappa shape index (κ3) is 3.06. The summed E-state index contributed by atoms with van der Waals surface area (Å²) in [5.41, 5.74) is 6.65. The van der Waals surface area contributed by atoms with Gasteiger partial charge in [0, 0.05) is 30.1 Å². The Morgan fingerprint density at radius 1 is 1.55 bits per heavy atom. The zero-order valence-electron chi connectivity index (χ0n) is 11.7. The van der Waals surface area contributed by atoms with Gasteiger partial charge in [0.15, 0.2) is 0 Å². The molecule has 0 aromatic carbocycles. The fourth-order valence-corrected chi connectivity index (χ4v) is 4.57. The van der Waals surface area contributed by atoms with E-state index in [4.69, 9.17) is 5.73 Å². The van der Waals surface area contributed by atoms with Crippen LogP contribution in [0.2, 0.25) is 0 Å². The van der Waals surface area contributed by atoms with E-state index in [1.54, 1.807) is 0 Å². The summed E-state index contributed by atoms with van der Waals surface area (Å²) in [6.45, 7) is 4.34. The van der Waals surface area contributed by atoms with Crippen LogP contribution in [0.1, 0.15) is 35.9 Å². The lowest BCUT2D eigenvalue weighted by Crippen LogP contribution is -2.37. The number of nitrogens with two attached hydrogens (primary N) is 1. The van der Waals surface area contributed by atoms with Gasteiger partial charge >= 0.3 is 0 Å². The molecule has 2 aliphatic rings. The number of anilines is 2. The Labute approximate surface area is 128 Å². The van der Waals surface area contributed by atoms with Crippen LogP contribution in [0.15, 0.2) is 6.07 Å². The second-order valence-corrected chi connectivity index (χ2v) is 7.90. The third-order valence-electron chi connectivity index (χ3n) is 3.77. The molecule has 4 nitrogen and oxygen atoms in total. The zero-order chi connectivity index (χ0) is 14.1. The minimum absolute atomic E-state index is 0.000300. The number of hydrogen-bond donors (Lipinski definition) is 2. The molecule has 1 saturated carbocycles. The first-order valence-electron chi connectivity index (χ1n) is 7.24. The highest BCUT2D eigenvalue weighted by atomic mass is 32.2. The van der Waals surface area contributed by atoms with Crippen LogP contribution < -0.4 is 16.0 Å². The normalized spacial score (nSPS) is 22.9. The van der Waals surface area contributed by atoms with Crippen molar-refractivity contribution >= 4 is 39.7 Å². The van der Waals surface area contributed by atoms with Crippen LogP contribution in [-0.2, 0) is 0 Å². The summed E-state index contributed by atoms with van der Waals surface area (Å²) in [5, 5.41) is 4.85. The molecule has 3 N–H and O–H groups in total. The summed E-state index contributed by atoms with van der Waals surface area (Å²) < 4.78 is 0. The van der Waals surface area contributed by atoms with Crippen molar-refractivity contribution in [3.8, 4) is 0 Å². The van der Waals surface area contributed by atoms with Crippen molar-refractivity contribution in [1.82, 2.24) is 5.32 Å². The third-order valence-corrected chi connectivity index (χ3v) is 6.35. The van der Waals surface area contributed by atoms with Crippen LogP contribution in [0.4, 0.5) is 10.7 Å². The van der Waals surface area contributed by atoms with Gasteiger partial charge in [0.1, 0.15) is 4.88 Å². The fraction of sp³-hybridized carbons (Fsp3) is 0.643. The van der Waals surface area contributed by atoms with Crippen molar-refractivity contribution in [3.63, 3.8) is 0 Å². The number of carbonyl (C=O) groups excluding carboxylic acids is 1. The second kappa shape index (κ2) is 5.85. The number of carbonyl (C=O) groups is 1. The molecule has 1 unspecified atom stereocenters. The Kier molecular flexibility index (Phi) is 4.12. The molecule has 1 saturated heterocycles. The average Bonchev–Trinajstić information content (AvgIpc) is 3.18. The highest BCUT2D eigenvalue weighted by Crippen LogP contribution is 2.35. The first kappa shape index (κ1) is 14.1. The molecule has 1 aromatic rings. The van der Waals surface area contributed by atoms with E-state index < -0.39 is 0 Å². The fourth-order valence-electron chi connectivity index (χ4n) is 2.37. The Hall–Kier alpha value is -0.880. The number of nitrogen functional groups attached to an aromatic ring is 1. The van der Waals surface area contributed by atoms with Gasteiger partial charge in [-0.15, -0.1) is 11.3 Å². The zero-order valence-corrected chi connectivity index (χ0v) is 13.4. The van der Waals surface area contributed by atoms with Crippen LogP contribution in [-0.4, -0.2) is 36.0 Å². The van der Waals surface area contributed by atoms with Gasteiger partial charge in [-0.3, -0.25) is 4.79 Å². The number of nitrogens with one attached hydrogen (secondary N) is 1. The van der Waals surface area contributed by atoms with E-state index >= 15 is 0 Å². The number of amides is 1. The maximum Gasteiger partial charge on any atom is 0.263 e. The van der Waals surface area contributed by atoms with Gasteiger partial charge in [0.2, 0.25) is 0 Å². The van der Waals surface area contributed by atoms with Crippen molar-refractivity contribution in [2.24, 2.45) is 0 Å². The van der Waals surface area contributed by atoms with Crippen LogP contribution in [0.25, 0.3) is 0 Å². The van der Waals surface area contributed by atoms with Gasteiger partial charge in [0.25, 0.3) is 5.91 Å². The van der Waals surface area contributed by atoms with E-state index in [1.807, 2.05) is 17.8 Å². The summed E-state index contributed by atoms with van der Waals surface area (Å²) in [4.78, 5) is 15.2. The Morgan fingerprint density at radius 3 is 3.05 bits per heavy atom. The quantitative estimate of drug-likeness (QED) is 0.897. The number of thiophene rings is 1. The molecule has 0 bridgehead atoms. The molecular weight excluding hydrogens is 290 g/mol. The Morgan fingerprint density at radius 2 is 2.35 bits per heavy atom. The van der Waals surface area contributed by atoms with E-state index in [0.29, 0.717) is 21.9 Å². The van der Waals surface area contributed by atoms with Crippen LogP contribution in [0.3, 0.4) is 0 Å². The standard InChI is InChI=1S/C14H21N3OS2/c1-2-10-8-17(5-6-19-10)12-7-11(15)13(20-12)14(18)16-9-3-4-9/h7,9-10H,2-6,8,15H2,1H3,(H,16,18). The Balaban J connectivity index is 1.72. The topological polar surface area (TPSA) is 58.4 Å². The van der Waals surface area contributed by atoms with Crippen molar-refractivity contribution < 1.29 is 4.79 Å². The molecule has 0 spiro atoms. The summed E-state index contributed by atoms with van der Waals surface area (Å²) in [6.07, 6.45) is 3.40. The smallest absolute Gasteiger partial charge is 0.263 e. The molecule has 1 aliphatic heterocycles. The summed E-state index contributed by atoms with van der Waals surface area (Å²) >= 11 is 3.58. The maximum atomic E-state index is 12.1. The highest BCUT2D eigenvalue weighted by Gasteiger charge is 2.27. The van der Waals surface area contributed by atoms with Gasteiger partial charge in [-0.1, -0.05) is 6.92 Å². The molecule has 1 atom stereocenters. The lowest BCUT2D eigenvalue weighted by Gasteiger charge is -2.32. The second-order valence-electron chi connectivity index (χ2n) is 5.46. The van der Waals surface area contributed by atoms with Crippen molar-refractivity contribution in [3.05, 3.63) is 10.9 Å². The monoisotopic (exact) mass is 311 g/mol. The lowest BCUT2D eigenvalue weighted by molar-refractivity contribution is 0.0956. The van der Waals surface area contributed by atoms with Gasteiger partial charge in [-0.05, 0) is 25.3 Å². The van der Waals surface area contributed by atoms with E-state index in [9.17, 15) is 4.79 Å². The summed E-state index contributed by atoms with van der Waals surface area (Å²) in [7, 11) is 0. The minimum Gasteiger partial charge on any atom is -0.397 e. The summed E-state index contributed by atoms with van der Waals surface area (Å²) in [5.74, 6) is 1.15. The van der Waals surface area contributed by atoms with Crippen molar-refractivity contribution in [2.75, 3.05) is 29.5 Å². The molecule has 1 aromatic heterocycles. The van der Waals surface area contributed by atoms with Gasteiger partial charge in [-0.25, -0.2) is 0 Å². The number of rotatable bonds is 4. The minimum atomic E-state index is -0.000300. The number of thioether (sulfide) groups is 1. The molecule has 20 heavy (non-hydrogen) atoms. The molecule has 6 heteroatoms. The SMILES string of the molecule is CCC1CN(c2cc(N)c(C(=O)NC3CC3)s2)CCS1. The molecule has 1 amide bonds. The molecule has 2 fully saturated rings. The van der Waals surface area contributed by atoms with Crippen molar-refractivity contribution in [1.29, 1.82) is 0 Å². The molecule has 0 radical (unpaired) electrons. The molecule has 3 rings (SSSR count). The predicted molar refractivity (Wildman–Crippen MR) is 88.0 cm³/mol. The van der Waals surface area contributed by atoms with E-state index in [0.717, 1.165) is 36.7 Å². The van der Waals surface area contributed by atoms with E-state index in [2.05, 4.69) is 17.1 Å². The first-order chi connectivity index (χ1) is 9.67. The van der Waals surface area contributed by atoms with E-state index in [1.165, 1.54) is 17.8 Å². The molecule has 110 valence electrons. The largest absolute Gasteiger partial charge is 0.397 e. The first-order valence-corrected chi connectivity index (χ1v) is 9.10. The molecular formula is C14H21N3OS2. The predicted octanol–water partition coefficient (Wildman–Crippen LogP) is 2.55. The maximum absolute atomic E-state index is 12.1. The van der Waals surface area contributed by atoms with Gasteiger partial charge in [-0.2, -0.15) is 11.8 Å². The molecule has 2 heterocycles. The average molecular weight is 311 g/mol. The number of nitrogens with zero attached hydrogens (tertiary/aromatic N) is 1. The van der Waals surface area contributed by atoms with E-state index in [-0.39, 0.29) is 5.91 Å². The highest BCUT2D eigenvalue weighted by molar-refractivity contribution is 8.00. The van der Waals surface area contributed by atoms with Gasteiger partial charge in [0.05, 0.1) is 10.7 Å². The lowest BCUT2D eigenvalue weighted by atomic mass is 10.3. The van der Waals surface area contributed by atoms with Crippen LogP contribution in [0.5, 0.6) is 0 Å². The molecule has 1 aliphatic carbocycles. The summed E-state index contributed by atoms with van der Waals surface area (Å²) in [6, 6.07) is 2.35. The van der Waals surface area contributed by atoms with Crippen LogP contribution >= 0.6 is 23.1 Å². The van der Waals surface area contributed by atoms with Gasteiger partial charge < -0.3 is 16.0 Å². The number of hydrogen-bond acceptors (Lipinski definition) is 5.